The van der Waals surface area contributed by atoms with Crippen LogP contribution in [0.2, 0.25) is 0 Å². The van der Waals surface area contributed by atoms with Gasteiger partial charge in [-0.3, -0.25) is 9.69 Å². The van der Waals surface area contributed by atoms with Crippen LogP contribution in [0.1, 0.15) is 23.8 Å². The lowest BCUT2D eigenvalue weighted by molar-refractivity contribution is -0.141. The normalized spacial score (nSPS) is 17.4. The van der Waals surface area contributed by atoms with Crippen LogP contribution in [0.15, 0.2) is 4.42 Å². The second-order valence-electron chi connectivity index (χ2n) is 5.19. The van der Waals surface area contributed by atoms with Gasteiger partial charge >= 0.3 is 5.97 Å². The fourth-order valence-corrected chi connectivity index (χ4v) is 2.32. The molecule has 6 heteroatoms. The average Bonchev–Trinajstić information content (AvgIpc) is 2.76. The lowest BCUT2D eigenvalue weighted by Gasteiger charge is -2.33. The van der Waals surface area contributed by atoms with Crippen molar-refractivity contribution in [2.24, 2.45) is 0 Å². The van der Waals surface area contributed by atoms with Crippen LogP contribution >= 0.6 is 0 Å². The van der Waals surface area contributed by atoms with Crippen LogP contribution < -0.4 is 0 Å². The Bertz CT molecular complexity index is 431. The molecule has 0 bridgehead atoms. The molecule has 2 heterocycles. The van der Waals surface area contributed by atoms with Crippen LogP contribution in [-0.4, -0.2) is 60.6 Å². The summed E-state index contributed by atoms with van der Waals surface area (Å²) in [7, 11) is 1.43. The number of aromatic nitrogens is 1. The van der Waals surface area contributed by atoms with Gasteiger partial charge in [-0.05, 0) is 13.8 Å². The molecule has 0 radical (unpaired) electrons. The molecule has 0 aliphatic carbocycles. The van der Waals surface area contributed by atoms with Crippen LogP contribution in [0, 0.1) is 13.8 Å². The summed E-state index contributed by atoms with van der Waals surface area (Å²) in [6.45, 7) is 9.33. The molecule has 1 fully saturated rings. The highest BCUT2D eigenvalue weighted by atomic mass is 16.5. The van der Waals surface area contributed by atoms with Gasteiger partial charge in [0.2, 0.25) is 5.89 Å². The number of oxazole rings is 1. The molecule has 0 atom stereocenters. The summed E-state index contributed by atoms with van der Waals surface area (Å²) >= 11 is 0. The fraction of sp³-hybridized carbons (Fsp3) is 0.714. The van der Waals surface area contributed by atoms with E-state index in [2.05, 4.69) is 19.5 Å². The molecule has 1 aliphatic heterocycles. The lowest BCUT2D eigenvalue weighted by Crippen LogP contribution is -2.46. The number of ether oxygens (including phenoxy) is 1. The number of nitrogens with zero attached hydrogens (tertiary/aromatic N) is 3. The number of aryl methyl sites for hydroxylation is 2. The van der Waals surface area contributed by atoms with Crippen LogP contribution in [0.25, 0.3) is 0 Å². The van der Waals surface area contributed by atoms with Crippen molar-refractivity contribution in [1.82, 2.24) is 14.8 Å². The van der Waals surface area contributed by atoms with E-state index in [1.165, 1.54) is 7.11 Å². The van der Waals surface area contributed by atoms with E-state index in [1.807, 2.05) is 13.8 Å². The maximum absolute atomic E-state index is 11.1. The van der Waals surface area contributed by atoms with Crippen molar-refractivity contribution < 1.29 is 13.9 Å². The number of esters is 1. The Morgan fingerprint density at radius 1 is 1.25 bits per heavy atom. The van der Waals surface area contributed by atoms with Crippen LogP contribution in [0.5, 0.6) is 0 Å². The van der Waals surface area contributed by atoms with E-state index >= 15 is 0 Å². The maximum Gasteiger partial charge on any atom is 0.306 e. The Kier molecular flexibility index (Phi) is 5.14. The van der Waals surface area contributed by atoms with Gasteiger partial charge in [-0.1, -0.05) is 0 Å². The monoisotopic (exact) mass is 281 g/mol. The number of methoxy groups -OCH3 is 1. The first-order valence-electron chi connectivity index (χ1n) is 7.03. The first-order chi connectivity index (χ1) is 9.58. The van der Waals surface area contributed by atoms with Crippen molar-refractivity contribution in [3.8, 4) is 0 Å². The molecule has 1 aliphatic rings. The molecular weight excluding hydrogens is 258 g/mol. The highest BCUT2D eigenvalue weighted by molar-refractivity contribution is 5.69. The summed E-state index contributed by atoms with van der Waals surface area (Å²) in [5.74, 6) is 1.55. The number of carbonyl (C=O) groups is 1. The van der Waals surface area contributed by atoms with Gasteiger partial charge < -0.3 is 14.1 Å². The Morgan fingerprint density at radius 3 is 2.45 bits per heavy atom. The molecule has 112 valence electrons. The predicted molar refractivity (Wildman–Crippen MR) is 74.3 cm³/mol. The minimum Gasteiger partial charge on any atom is -0.469 e. The minimum absolute atomic E-state index is 0.141. The van der Waals surface area contributed by atoms with Gasteiger partial charge in [0.1, 0.15) is 5.76 Å². The number of piperazine rings is 1. The quantitative estimate of drug-likeness (QED) is 0.750. The third-order valence-electron chi connectivity index (χ3n) is 3.76. The summed E-state index contributed by atoms with van der Waals surface area (Å²) in [5.41, 5.74) is 0.969. The largest absolute Gasteiger partial charge is 0.469 e. The van der Waals surface area contributed by atoms with Crippen molar-refractivity contribution >= 4 is 5.97 Å². The van der Waals surface area contributed by atoms with Gasteiger partial charge in [-0.15, -0.1) is 0 Å². The zero-order valence-corrected chi connectivity index (χ0v) is 12.5. The first kappa shape index (κ1) is 15.0. The molecule has 1 aromatic heterocycles. The van der Waals surface area contributed by atoms with Gasteiger partial charge in [-0.25, -0.2) is 4.98 Å². The first-order valence-corrected chi connectivity index (χ1v) is 7.03. The molecule has 1 saturated heterocycles. The molecular formula is C14H23N3O3. The van der Waals surface area contributed by atoms with Gasteiger partial charge in [0.15, 0.2) is 0 Å². The molecule has 0 spiro atoms. The Hall–Kier alpha value is -1.40. The van der Waals surface area contributed by atoms with E-state index in [4.69, 9.17) is 4.42 Å². The van der Waals surface area contributed by atoms with E-state index in [0.29, 0.717) is 6.42 Å². The average molecular weight is 281 g/mol. The number of hydrogen-bond acceptors (Lipinski definition) is 6. The number of carbonyl (C=O) groups excluding carboxylic acids is 1. The highest BCUT2D eigenvalue weighted by Gasteiger charge is 2.19. The van der Waals surface area contributed by atoms with Crippen LogP contribution in [0.3, 0.4) is 0 Å². The second-order valence-corrected chi connectivity index (χ2v) is 5.19. The third kappa shape index (κ3) is 4.05. The SMILES string of the molecule is COC(=O)CCN1CCN(Cc2nc(C)c(C)o2)CC1. The van der Waals surface area contributed by atoms with Gasteiger partial charge in [-0.2, -0.15) is 0 Å². The molecule has 0 unspecified atom stereocenters. The summed E-state index contributed by atoms with van der Waals surface area (Å²) in [4.78, 5) is 20.1. The van der Waals surface area contributed by atoms with E-state index in [1.54, 1.807) is 0 Å². The van der Waals surface area contributed by atoms with E-state index in [9.17, 15) is 4.79 Å². The van der Waals surface area contributed by atoms with E-state index < -0.39 is 0 Å². The topological polar surface area (TPSA) is 58.8 Å². The Balaban J connectivity index is 1.72. The molecule has 20 heavy (non-hydrogen) atoms. The van der Waals surface area contributed by atoms with Gasteiger partial charge in [0.05, 0.1) is 25.8 Å². The summed E-state index contributed by atoms with van der Waals surface area (Å²) in [6.07, 6.45) is 0.467. The maximum atomic E-state index is 11.1. The van der Waals surface area contributed by atoms with Crippen molar-refractivity contribution in [1.29, 1.82) is 0 Å². The standard InChI is InChI=1S/C14H23N3O3/c1-11-12(2)20-13(15-11)10-17-8-6-16(7-9-17)5-4-14(18)19-3/h4-10H2,1-3H3. The molecule has 1 aromatic rings. The van der Waals surface area contributed by atoms with Crippen molar-refractivity contribution in [3.05, 3.63) is 17.3 Å². The van der Waals surface area contributed by atoms with Crippen molar-refractivity contribution in [2.45, 2.75) is 26.8 Å². The summed E-state index contributed by atoms with van der Waals surface area (Å²) < 4.78 is 10.3. The summed E-state index contributed by atoms with van der Waals surface area (Å²) in [6, 6.07) is 0. The summed E-state index contributed by atoms with van der Waals surface area (Å²) in [5, 5.41) is 0. The number of hydrogen-bond donors (Lipinski definition) is 0. The second kappa shape index (κ2) is 6.85. The fourth-order valence-electron chi connectivity index (χ4n) is 2.32. The lowest BCUT2D eigenvalue weighted by atomic mass is 10.3. The third-order valence-corrected chi connectivity index (χ3v) is 3.76. The zero-order chi connectivity index (χ0) is 14.5. The van der Waals surface area contributed by atoms with Gasteiger partial charge in [0, 0.05) is 32.7 Å². The molecule has 0 N–H and O–H groups in total. The molecule has 6 nitrogen and oxygen atoms in total. The van der Waals surface area contributed by atoms with Crippen molar-refractivity contribution in [2.75, 3.05) is 39.8 Å². The minimum atomic E-state index is -0.141. The predicted octanol–water partition coefficient (Wildman–Crippen LogP) is 0.972. The number of rotatable bonds is 5. The van der Waals surface area contributed by atoms with Crippen LogP contribution in [0.4, 0.5) is 0 Å². The van der Waals surface area contributed by atoms with E-state index in [0.717, 1.165) is 56.6 Å². The highest BCUT2D eigenvalue weighted by Crippen LogP contribution is 2.12. The van der Waals surface area contributed by atoms with Gasteiger partial charge in [0.25, 0.3) is 0 Å². The van der Waals surface area contributed by atoms with Crippen molar-refractivity contribution in [3.63, 3.8) is 0 Å². The molecule has 2 rings (SSSR count). The van der Waals surface area contributed by atoms with E-state index in [-0.39, 0.29) is 5.97 Å². The smallest absolute Gasteiger partial charge is 0.306 e. The zero-order valence-electron chi connectivity index (χ0n) is 12.5. The Morgan fingerprint density at radius 2 is 1.90 bits per heavy atom. The Labute approximate surface area is 119 Å². The van der Waals surface area contributed by atoms with Crippen LogP contribution in [-0.2, 0) is 16.1 Å². The molecule has 0 amide bonds. The molecule has 0 aromatic carbocycles. The molecule has 0 saturated carbocycles.